The molecule has 1 aromatic heterocycles. The van der Waals surface area contributed by atoms with Gasteiger partial charge in [0.15, 0.2) is 0 Å². The molecule has 0 aromatic carbocycles. The third-order valence-corrected chi connectivity index (χ3v) is 5.75. The van der Waals surface area contributed by atoms with Crippen molar-refractivity contribution in [2.75, 3.05) is 33.4 Å². The summed E-state index contributed by atoms with van der Waals surface area (Å²) in [5.41, 5.74) is 2.17. The van der Waals surface area contributed by atoms with Crippen molar-refractivity contribution in [1.82, 2.24) is 19.6 Å². The van der Waals surface area contributed by atoms with E-state index >= 15 is 0 Å². The van der Waals surface area contributed by atoms with Crippen LogP contribution in [0, 0.1) is 5.92 Å². The van der Waals surface area contributed by atoms with Crippen molar-refractivity contribution in [1.29, 1.82) is 0 Å². The smallest absolute Gasteiger partial charge is 0.227 e. The number of carbonyl (C=O) groups excluding carboxylic acids is 1. The van der Waals surface area contributed by atoms with Gasteiger partial charge in [-0.25, -0.2) is 0 Å². The number of piperidine rings is 1. The van der Waals surface area contributed by atoms with Gasteiger partial charge in [-0.05, 0) is 19.3 Å². The van der Waals surface area contributed by atoms with Crippen LogP contribution in [0.3, 0.4) is 0 Å². The first-order chi connectivity index (χ1) is 11.5. The molecule has 2 bridgehead atoms. The normalized spacial score (nSPS) is 24.7. The third-order valence-electron chi connectivity index (χ3n) is 5.27. The molecule has 134 valence electrons. The Balaban J connectivity index is 1.76. The fraction of sp³-hybridized carbons (Fsp3) is 0.765. The number of ether oxygens (including phenoxy) is 1. The van der Waals surface area contributed by atoms with Crippen LogP contribution in [0.5, 0.6) is 0 Å². The van der Waals surface area contributed by atoms with E-state index in [9.17, 15) is 4.79 Å². The monoisotopic (exact) mass is 354 g/mol. The van der Waals surface area contributed by atoms with Crippen LogP contribution in [-0.2, 0) is 29.5 Å². The minimum atomic E-state index is 0.0983. The Kier molecular flexibility index (Phi) is 5.47. The van der Waals surface area contributed by atoms with Gasteiger partial charge in [0.1, 0.15) is 5.15 Å². The van der Waals surface area contributed by atoms with Crippen molar-refractivity contribution in [2.24, 2.45) is 13.0 Å². The zero-order valence-corrected chi connectivity index (χ0v) is 15.6. The van der Waals surface area contributed by atoms with Crippen molar-refractivity contribution in [3.05, 3.63) is 16.4 Å². The van der Waals surface area contributed by atoms with Gasteiger partial charge in [-0.15, -0.1) is 0 Å². The number of halogens is 1. The van der Waals surface area contributed by atoms with Crippen LogP contribution in [0.1, 0.15) is 31.0 Å². The number of hydrogen-bond donors (Lipinski definition) is 0. The van der Waals surface area contributed by atoms with Gasteiger partial charge >= 0.3 is 0 Å². The molecule has 6 nitrogen and oxygen atoms in total. The molecule has 0 aliphatic carbocycles. The van der Waals surface area contributed by atoms with E-state index in [0.717, 1.165) is 50.2 Å². The summed E-state index contributed by atoms with van der Waals surface area (Å²) in [5.74, 6) is 0.389. The van der Waals surface area contributed by atoms with Crippen LogP contribution in [-0.4, -0.2) is 64.9 Å². The number of methoxy groups -OCH3 is 1. The standard InChI is InChI=1S/C17H27ClN4O2/c1-4-15-14(16(18)20(2)19-15)11-21-9-12-5-6-13(10-21)22(17(12)23)7-8-24-3/h12-13H,4-11H2,1-3H3/t12-,13+/m0/s1. The Labute approximate surface area is 148 Å². The molecule has 4 heterocycles. The second kappa shape index (κ2) is 7.42. The Bertz CT molecular complexity index is 604. The molecule has 3 fully saturated rings. The Hall–Kier alpha value is -1.11. The first-order valence-corrected chi connectivity index (χ1v) is 9.15. The molecular formula is C17H27ClN4O2. The number of nitrogens with zero attached hydrogens (tertiary/aromatic N) is 4. The van der Waals surface area contributed by atoms with Crippen LogP contribution in [0.15, 0.2) is 0 Å². The largest absolute Gasteiger partial charge is 0.383 e. The van der Waals surface area contributed by atoms with Gasteiger partial charge in [0, 0.05) is 51.9 Å². The molecule has 3 saturated heterocycles. The lowest BCUT2D eigenvalue weighted by molar-refractivity contribution is -0.140. The van der Waals surface area contributed by atoms with Gasteiger partial charge < -0.3 is 9.64 Å². The Morgan fingerprint density at radius 3 is 2.83 bits per heavy atom. The summed E-state index contributed by atoms with van der Waals surface area (Å²) < 4.78 is 6.92. The number of rotatable bonds is 6. The molecule has 0 N–H and O–H groups in total. The van der Waals surface area contributed by atoms with Gasteiger partial charge in [0.25, 0.3) is 0 Å². The van der Waals surface area contributed by atoms with Crippen molar-refractivity contribution < 1.29 is 9.53 Å². The van der Waals surface area contributed by atoms with Gasteiger partial charge in [-0.3, -0.25) is 14.4 Å². The van der Waals surface area contributed by atoms with E-state index in [2.05, 4.69) is 16.9 Å². The molecule has 0 saturated carbocycles. The van der Waals surface area contributed by atoms with Crippen LogP contribution >= 0.6 is 11.6 Å². The maximum absolute atomic E-state index is 12.7. The van der Waals surface area contributed by atoms with E-state index in [1.165, 1.54) is 0 Å². The molecule has 3 aliphatic rings. The molecular weight excluding hydrogens is 328 g/mol. The van der Waals surface area contributed by atoms with E-state index in [4.69, 9.17) is 16.3 Å². The second-order valence-electron chi connectivity index (χ2n) is 6.84. The van der Waals surface area contributed by atoms with E-state index in [1.54, 1.807) is 11.8 Å². The van der Waals surface area contributed by atoms with Crippen LogP contribution in [0.25, 0.3) is 0 Å². The lowest BCUT2D eigenvalue weighted by atomic mass is 9.94. The average molecular weight is 355 g/mol. The lowest BCUT2D eigenvalue weighted by Crippen LogP contribution is -2.49. The average Bonchev–Trinajstić information content (AvgIpc) is 2.73. The topological polar surface area (TPSA) is 50.6 Å². The van der Waals surface area contributed by atoms with E-state index in [1.807, 2.05) is 11.9 Å². The highest BCUT2D eigenvalue weighted by atomic mass is 35.5. The zero-order chi connectivity index (χ0) is 17.3. The molecule has 1 aromatic rings. The highest BCUT2D eigenvalue weighted by Gasteiger charge is 2.40. The molecule has 0 spiro atoms. The summed E-state index contributed by atoms with van der Waals surface area (Å²) in [5, 5.41) is 5.22. The lowest BCUT2D eigenvalue weighted by Gasteiger charge is -2.35. The number of amides is 1. The van der Waals surface area contributed by atoms with E-state index in [-0.39, 0.29) is 12.0 Å². The maximum atomic E-state index is 12.7. The highest BCUT2D eigenvalue weighted by molar-refractivity contribution is 6.30. The zero-order valence-electron chi connectivity index (χ0n) is 14.8. The van der Waals surface area contributed by atoms with Crippen molar-refractivity contribution in [3.8, 4) is 0 Å². The van der Waals surface area contributed by atoms with Crippen LogP contribution < -0.4 is 0 Å². The highest BCUT2D eigenvalue weighted by Crippen LogP contribution is 2.31. The van der Waals surface area contributed by atoms with Gasteiger partial charge in [-0.2, -0.15) is 5.10 Å². The third kappa shape index (κ3) is 3.32. The number of aromatic nitrogens is 2. The summed E-state index contributed by atoms with van der Waals surface area (Å²) in [6, 6.07) is 0.284. The molecule has 24 heavy (non-hydrogen) atoms. The van der Waals surface area contributed by atoms with Gasteiger partial charge in [0.2, 0.25) is 5.91 Å². The molecule has 1 amide bonds. The molecule has 2 atom stereocenters. The molecule has 3 aliphatic heterocycles. The molecule has 0 radical (unpaired) electrons. The predicted octanol–water partition coefficient (Wildman–Crippen LogP) is 1.71. The summed E-state index contributed by atoms with van der Waals surface area (Å²) in [6.45, 7) is 5.88. The van der Waals surface area contributed by atoms with Crippen molar-refractivity contribution >= 4 is 17.5 Å². The number of hydrogen-bond acceptors (Lipinski definition) is 4. The van der Waals surface area contributed by atoms with E-state index in [0.29, 0.717) is 24.2 Å². The Morgan fingerprint density at radius 1 is 1.33 bits per heavy atom. The van der Waals surface area contributed by atoms with Gasteiger partial charge in [0.05, 0.1) is 18.2 Å². The summed E-state index contributed by atoms with van der Waals surface area (Å²) >= 11 is 6.45. The second-order valence-corrected chi connectivity index (χ2v) is 7.20. The summed E-state index contributed by atoms with van der Waals surface area (Å²) in [6.07, 6.45) is 2.94. The van der Waals surface area contributed by atoms with Crippen molar-refractivity contribution in [3.63, 3.8) is 0 Å². The van der Waals surface area contributed by atoms with Crippen LogP contribution in [0.4, 0.5) is 0 Å². The first kappa shape index (κ1) is 17.7. The van der Waals surface area contributed by atoms with Crippen molar-refractivity contribution in [2.45, 2.75) is 38.8 Å². The quantitative estimate of drug-likeness (QED) is 0.780. The molecule has 4 rings (SSSR count). The fourth-order valence-corrected chi connectivity index (χ4v) is 4.21. The minimum absolute atomic E-state index is 0.0983. The van der Waals surface area contributed by atoms with E-state index < -0.39 is 0 Å². The minimum Gasteiger partial charge on any atom is -0.383 e. The predicted molar refractivity (Wildman–Crippen MR) is 93.0 cm³/mol. The number of carbonyl (C=O) groups is 1. The fourth-order valence-electron chi connectivity index (χ4n) is 4.01. The molecule has 7 heteroatoms. The Morgan fingerprint density at radius 2 is 2.12 bits per heavy atom. The summed E-state index contributed by atoms with van der Waals surface area (Å²) in [4.78, 5) is 17.1. The maximum Gasteiger partial charge on any atom is 0.227 e. The van der Waals surface area contributed by atoms with Gasteiger partial charge in [-0.1, -0.05) is 18.5 Å². The SMILES string of the molecule is CCc1nn(C)c(Cl)c1CN1C[C@@H]2CC[C@H](C1)N(CCOC)C2=O. The molecule has 0 unspecified atom stereocenters. The summed E-state index contributed by atoms with van der Waals surface area (Å²) in [7, 11) is 3.57. The number of aryl methyl sites for hydroxylation is 2. The first-order valence-electron chi connectivity index (χ1n) is 8.77. The number of fused-ring (bicyclic) bond motifs is 4. The van der Waals surface area contributed by atoms with Crippen LogP contribution in [0.2, 0.25) is 5.15 Å².